The van der Waals surface area contributed by atoms with Gasteiger partial charge in [-0.15, -0.1) is 11.6 Å². The number of rotatable bonds is 10. The molecular weight excluding hydrogens is 422 g/mol. The van der Waals surface area contributed by atoms with Crippen LogP contribution in [0.3, 0.4) is 0 Å². The summed E-state index contributed by atoms with van der Waals surface area (Å²) in [7, 11) is -0.476. The summed E-state index contributed by atoms with van der Waals surface area (Å²) in [4.78, 5) is 29.3. The molecule has 1 aromatic rings. The molecule has 7 nitrogen and oxygen atoms in total. The van der Waals surface area contributed by atoms with Crippen molar-refractivity contribution in [1.29, 1.82) is 0 Å². The smallest absolute Gasteiger partial charge is 0.246 e. The lowest BCUT2D eigenvalue weighted by Crippen LogP contribution is -2.48. The lowest BCUT2D eigenvalue weighted by Gasteiger charge is -2.36. The number of hydrogen-bond donors (Lipinski definition) is 3. The van der Waals surface area contributed by atoms with Crippen molar-refractivity contribution in [2.24, 2.45) is 0 Å². The van der Waals surface area contributed by atoms with Crippen LogP contribution < -0.4 is 16.1 Å². The van der Waals surface area contributed by atoms with E-state index in [0.717, 1.165) is 11.1 Å². The number of anilines is 1. The van der Waals surface area contributed by atoms with E-state index in [1.54, 1.807) is 13.8 Å². The van der Waals surface area contributed by atoms with Gasteiger partial charge in [0.2, 0.25) is 11.8 Å². The quantitative estimate of drug-likeness (QED) is 0.281. The third-order valence-electron chi connectivity index (χ3n) is 5.32. The zero-order valence-corrected chi connectivity index (χ0v) is 21.1. The molecule has 0 radical (unpaired) electrons. The third-order valence-corrected chi connectivity index (χ3v) is 10.1. The van der Waals surface area contributed by atoms with Crippen LogP contribution in [0.1, 0.15) is 45.7 Å². The zero-order valence-electron chi connectivity index (χ0n) is 19.3. The molecule has 0 aliphatic heterocycles. The van der Waals surface area contributed by atoms with Crippen molar-refractivity contribution in [2.75, 3.05) is 12.4 Å². The minimum atomic E-state index is -1.90. The summed E-state index contributed by atoms with van der Waals surface area (Å²) >= 11 is 6.05. The van der Waals surface area contributed by atoms with Crippen molar-refractivity contribution in [2.45, 2.75) is 77.3 Å². The van der Waals surface area contributed by atoms with Gasteiger partial charge < -0.3 is 19.9 Å². The Labute approximate surface area is 186 Å². The van der Waals surface area contributed by atoms with Gasteiger partial charge in [-0.1, -0.05) is 26.8 Å². The molecule has 0 heterocycles. The molecule has 1 aromatic carbocycles. The first-order valence-corrected chi connectivity index (χ1v) is 13.5. The van der Waals surface area contributed by atoms with E-state index >= 15 is 0 Å². The van der Waals surface area contributed by atoms with Crippen LogP contribution in [0.25, 0.3) is 0 Å². The lowest BCUT2D eigenvalue weighted by molar-refractivity contribution is -0.129. The van der Waals surface area contributed by atoms with Crippen LogP contribution in [0.5, 0.6) is 0 Å². The highest BCUT2D eigenvalue weighted by molar-refractivity contribution is 6.74. The van der Waals surface area contributed by atoms with Crippen molar-refractivity contribution < 1.29 is 18.9 Å². The van der Waals surface area contributed by atoms with E-state index < -0.39 is 20.4 Å². The largest absolute Gasteiger partial charge is 0.413 e. The van der Waals surface area contributed by atoms with Gasteiger partial charge in [-0.05, 0) is 55.2 Å². The maximum atomic E-state index is 12.6. The van der Waals surface area contributed by atoms with Crippen LogP contribution in [0.4, 0.5) is 5.69 Å². The molecule has 0 saturated heterocycles. The predicted octanol–water partition coefficient (Wildman–Crippen LogP) is 3.93. The van der Waals surface area contributed by atoms with Gasteiger partial charge in [0.05, 0.1) is 13.7 Å². The summed E-state index contributed by atoms with van der Waals surface area (Å²) in [6.07, 6.45) is 0. The number of nitrogens with one attached hydrogen (secondary N) is 3. The number of amides is 2. The average Bonchev–Trinajstić information content (AvgIpc) is 2.65. The summed E-state index contributed by atoms with van der Waals surface area (Å²) < 4.78 is 6.30. The molecule has 1 rings (SSSR count). The first kappa shape index (κ1) is 26.6. The molecule has 0 aromatic heterocycles. The molecule has 30 heavy (non-hydrogen) atoms. The molecule has 0 bridgehead atoms. The minimum Gasteiger partial charge on any atom is -0.413 e. The van der Waals surface area contributed by atoms with Crippen molar-refractivity contribution in [3.8, 4) is 0 Å². The van der Waals surface area contributed by atoms with Gasteiger partial charge >= 0.3 is 0 Å². The highest BCUT2D eigenvalue weighted by Gasteiger charge is 2.37. The maximum Gasteiger partial charge on any atom is 0.246 e. The fourth-order valence-corrected chi connectivity index (χ4v) is 3.48. The molecule has 0 saturated carbocycles. The molecule has 2 amide bonds. The molecule has 170 valence electrons. The highest BCUT2D eigenvalue weighted by atomic mass is 35.5. The van der Waals surface area contributed by atoms with Crippen LogP contribution in [0, 0.1) is 0 Å². The normalized spacial score (nSPS) is 14.2. The van der Waals surface area contributed by atoms with Crippen LogP contribution in [0.15, 0.2) is 18.2 Å². The molecule has 0 spiro atoms. The molecule has 2 atom stereocenters. The topological polar surface area (TPSA) is 88.7 Å². The Bertz CT molecular complexity index is 737. The lowest BCUT2D eigenvalue weighted by atomic mass is 10.1. The van der Waals surface area contributed by atoms with E-state index in [9.17, 15) is 9.59 Å². The summed E-state index contributed by atoms with van der Waals surface area (Å²) in [6.45, 7) is 14.7. The Balaban J connectivity index is 2.85. The van der Waals surface area contributed by atoms with Crippen LogP contribution in [0.2, 0.25) is 18.1 Å². The van der Waals surface area contributed by atoms with Gasteiger partial charge in [0, 0.05) is 11.6 Å². The van der Waals surface area contributed by atoms with E-state index in [2.05, 4.69) is 50.0 Å². The van der Waals surface area contributed by atoms with Gasteiger partial charge in [0.15, 0.2) is 8.32 Å². The summed E-state index contributed by atoms with van der Waals surface area (Å²) in [5, 5.41) is 5.61. The first-order valence-electron chi connectivity index (χ1n) is 10.0. The van der Waals surface area contributed by atoms with Gasteiger partial charge in [-0.3, -0.25) is 9.59 Å². The molecule has 0 unspecified atom stereocenters. The van der Waals surface area contributed by atoms with E-state index in [-0.39, 0.29) is 16.9 Å². The first-order chi connectivity index (χ1) is 13.8. The SMILES string of the molecule is CON[C@@H](C)C(=O)N[C@@H](C)C(=O)Nc1cc(CCl)cc(CO[Si](C)(C)C(C)(C)C)c1. The number of hydrogen-bond acceptors (Lipinski definition) is 5. The Morgan fingerprint density at radius 2 is 1.67 bits per heavy atom. The summed E-state index contributed by atoms with van der Waals surface area (Å²) in [5.41, 5.74) is 4.98. The van der Waals surface area contributed by atoms with Crippen molar-refractivity contribution in [3.63, 3.8) is 0 Å². The standard InChI is InChI=1S/C21H36ClN3O4Si/c1-14(23-20(27)15(2)25-28-6)19(26)24-18-10-16(12-22)9-17(11-18)13-29-30(7,8)21(3,4)5/h9-11,14-15,25H,12-13H2,1-8H3,(H,23,27)(H,24,26)/t14-,15-/m0/s1. The second kappa shape index (κ2) is 11.2. The molecule has 9 heteroatoms. The number of hydroxylamine groups is 1. The van der Waals surface area contributed by atoms with Crippen molar-refractivity contribution in [1.82, 2.24) is 10.8 Å². The van der Waals surface area contributed by atoms with Gasteiger partial charge in [0.25, 0.3) is 0 Å². The molecule has 3 N–H and O–H groups in total. The number of carbonyl (C=O) groups excluding carboxylic acids is 2. The maximum absolute atomic E-state index is 12.6. The monoisotopic (exact) mass is 457 g/mol. The van der Waals surface area contributed by atoms with E-state index in [1.165, 1.54) is 7.11 Å². The summed E-state index contributed by atoms with van der Waals surface area (Å²) in [6, 6.07) is 4.39. The third kappa shape index (κ3) is 8.00. The average molecular weight is 458 g/mol. The zero-order chi connectivity index (χ0) is 23.1. The van der Waals surface area contributed by atoms with Crippen LogP contribution >= 0.6 is 11.6 Å². The number of alkyl halides is 1. The Morgan fingerprint density at radius 1 is 1.07 bits per heavy atom. The highest BCUT2D eigenvalue weighted by Crippen LogP contribution is 2.37. The molecule has 0 fully saturated rings. The Morgan fingerprint density at radius 3 is 2.20 bits per heavy atom. The predicted molar refractivity (Wildman–Crippen MR) is 124 cm³/mol. The van der Waals surface area contributed by atoms with E-state index in [1.807, 2.05) is 18.2 Å². The van der Waals surface area contributed by atoms with Gasteiger partial charge in [0.1, 0.15) is 12.1 Å². The fourth-order valence-electron chi connectivity index (χ4n) is 2.36. The number of carbonyl (C=O) groups is 2. The second-order valence-electron chi connectivity index (χ2n) is 8.98. The number of benzene rings is 1. The minimum absolute atomic E-state index is 0.108. The van der Waals surface area contributed by atoms with Crippen LogP contribution in [-0.4, -0.2) is 39.3 Å². The van der Waals surface area contributed by atoms with Crippen molar-refractivity contribution >= 4 is 37.4 Å². The Hall–Kier alpha value is -1.45. The molecular formula is C21H36ClN3O4Si. The molecule has 0 aliphatic rings. The van der Waals surface area contributed by atoms with Gasteiger partial charge in [-0.25, -0.2) is 0 Å². The van der Waals surface area contributed by atoms with E-state index in [0.29, 0.717) is 18.2 Å². The summed E-state index contributed by atoms with van der Waals surface area (Å²) in [5.74, 6) is -0.336. The van der Waals surface area contributed by atoms with Crippen LogP contribution in [-0.2, 0) is 31.3 Å². The second-order valence-corrected chi connectivity index (χ2v) is 14.1. The number of halogens is 1. The Kier molecular flexibility index (Phi) is 9.97. The van der Waals surface area contributed by atoms with Gasteiger partial charge in [-0.2, -0.15) is 5.48 Å². The fraction of sp³-hybridized carbons (Fsp3) is 0.619. The van der Waals surface area contributed by atoms with Crippen molar-refractivity contribution in [3.05, 3.63) is 29.3 Å². The molecule has 0 aliphatic carbocycles. The van der Waals surface area contributed by atoms with E-state index in [4.69, 9.17) is 20.9 Å².